The molecule has 2 aliphatic heterocycles. The van der Waals surface area contributed by atoms with Gasteiger partial charge in [-0.15, -0.1) is 0 Å². The molecule has 0 aromatic heterocycles. The lowest BCUT2D eigenvalue weighted by atomic mass is 9.96. The molecule has 0 saturated carbocycles. The van der Waals surface area contributed by atoms with Crippen LogP contribution in [0.3, 0.4) is 0 Å². The topological polar surface area (TPSA) is 58.6 Å². The summed E-state index contributed by atoms with van der Waals surface area (Å²) in [6.07, 6.45) is 2.02. The Labute approximate surface area is 175 Å². The van der Waals surface area contributed by atoms with Crippen molar-refractivity contribution in [3.05, 3.63) is 89.0 Å². The van der Waals surface area contributed by atoms with Crippen LogP contribution in [0.25, 0.3) is 0 Å². The van der Waals surface area contributed by atoms with E-state index in [2.05, 4.69) is 5.32 Å². The maximum atomic E-state index is 12.8. The first-order valence-electron chi connectivity index (χ1n) is 10.2. The number of nitrogens with zero attached hydrogens (tertiary/aromatic N) is 1. The van der Waals surface area contributed by atoms with E-state index < -0.39 is 0 Å². The second-order valence-corrected chi connectivity index (χ2v) is 7.69. The molecule has 1 N–H and O–H groups in total. The van der Waals surface area contributed by atoms with Gasteiger partial charge in [0.05, 0.1) is 5.69 Å². The highest BCUT2D eigenvalue weighted by atomic mass is 16.5. The highest BCUT2D eigenvalue weighted by molar-refractivity contribution is 6.06. The first-order chi connectivity index (χ1) is 14.7. The van der Waals surface area contributed by atoms with Crippen LogP contribution in [0.4, 0.5) is 11.4 Å². The summed E-state index contributed by atoms with van der Waals surface area (Å²) in [5.41, 5.74) is 5.69. The van der Waals surface area contributed by atoms with Gasteiger partial charge < -0.3 is 15.0 Å². The van der Waals surface area contributed by atoms with Crippen LogP contribution in [-0.4, -0.2) is 18.4 Å². The van der Waals surface area contributed by atoms with Crippen LogP contribution < -0.4 is 15.0 Å². The molecule has 150 valence electrons. The van der Waals surface area contributed by atoms with E-state index in [1.54, 1.807) is 0 Å². The van der Waals surface area contributed by atoms with Gasteiger partial charge in [-0.3, -0.25) is 9.59 Å². The number of ether oxygens (including phenoxy) is 1. The van der Waals surface area contributed by atoms with Gasteiger partial charge in [-0.2, -0.15) is 0 Å². The third-order valence-corrected chi connectivity index (χ3v) is 5.67. The van der Waals surface area contributed by atoms with Crippen LogP contribution >= 0.6 is 0 Å². The number of anilines is 2. The van der Waals surface area contributed by atoms with Crippen molar-refractivity contribution in [1.82, 2.24) is 0 Å². The van der Waals surface area contributed by atoms with Crippen molar-refractivity contribution in [2.75, 3.05) is 16.8 Å². The van der Waals surface area contributed by atoms with E-state index in [1.165, 1.54) is 0 Å². The van der Waals surface area contributed by atoms with E-state index in [0.29, 0.717) is 25.0 Å². The van der Waals surface area contributed by atoms with Crippen molar-refractivity contribution in [2.45, 2.75) is 25.9 Å². The van der Waals surface area contributed by atoms with Crippen LogP contribution in [0.1, 0.15) is 33.5 Å². The predicted octanol–water partition coefficient (Wildman–Crippen LogP) is 4.35. The summed E-state index contributed by atoms with van der Waals surface area (Å²) < 4.78 is 5.80. The zero-order valence-corrected chi connectivity index (χ0v) is 16.6. The van der Waals surface area contributed by atoms with Gasteiger partial charge in [-0.05, 0) is 65.9 Å². The molecule has 0 saturated heterocycles. The number of amides is 2. The van der Waals surface area contributed by atoms with Crippen molar-refractivity contribution in [1.29, 1.82) is 0 Å². The lowest BCUT2D eigenvalue weighted by molar-refractivity contribution is -0.118. The standard InChI is InChI=1S/C25H22N2O3/c28-23-11-6-18-14-20(15-19-12-13-27(23)24(18)19)25(29)26-21-7-9-22(10-8-21)30-16-17-4-2-1-3-5-17/h1-5,7-10,14-15H,6,11-13,16H2,(H,26,29). The molecule has 0 bridgehead atoms. The van der Waals surface area contributed by atoms with Crippen LogP contribution in [-0.2, 0) is 24.2 Å². The van der Waals surface area contributed by atoms with Crippen molar-refractivity contribution in [3.8, 4) is 5.75 Å². The molecule has 3 aromatic carbocycles. The van der Waals surface area contributed by atoms with Crippen LogP contribution in [0.2, 0.25) is 0 Å². The SMILES string of the molecule is O=C(Nc1ccc(OCc2ccccc2)cc1)c1cc2c3c(c1)CCN3C(=O)CC2. The average Bonchev–Trinajstić information content (AvgIpc) is 3.22. The van der Waals surface area contributed by atoms with Crippen LogP contribution in [0.5, 0.6) is 5.75 Å². The van der Waals surface area contributed by atoms with Gasteiger partial charge in [0.25, 0.3) is 5.91 Å². The second-order valence-electron chi connectivity index (χ2n) is 7.69. The molecule has 0 spiro atoms. The number of hydrogen-bond donors (Lipinski definition) is 1. The van der Waals surface area contributed by atoms with E-state index in [1.807, 2.05) is 71.6 Å². The maximum absolute atomic E-state index is 12.8. The minimum absolute atomic E-state index is 0.137. The summed E-state index contributed by atoms with van der Waals surface area (Å²) >= 11 is 0. The molecular weight excluding hydrogens is 376 g/mol. The number of nitrogens with one attached hydrogen (secondary N) is 1. The lowest BCUT2D eigenvalue weighted by Crippen LogP contribution is -2.33. The molecule has 0 fully saturated rings. The second kappa shape index (κ2) is 7.67. The Morgan fingerprint density at radius 3 is 2.43 bits per heavy atom. The zero-order chi connectivity index (χ0) is 20.5. The fourth-order valence-corrected chi connectivity index (χ4v) is 4.17. The van der Waals surface area contributed by atoms with Crippen LogP contribution in [0.15, 0.2) is 66.7 Å². The zero-order valence-electron chi connectivity index (χ0n) is 16.6. The van der Waals surface area contributed by atoms with E-state index in [4.69, 9.17) is 4.74 Å². The number of carbonyl (C=O) groups excluding carboxylic acids is 2. The Hall–Kier alpha value is -3.60. The third kappa shape index (κ3) is 3.54. The van der Waals surface area contributed by atoms with E-state index in [9.17, 15) is 9.59 Å². The Bertz CT molecular complexity index is 1110. The fraction of sp³-hybridized carbons (Fsp3) is 0.200. The van der Waals surface area contributed by atoms with E-state index in [0.717, 1.165) is 46.8 Å². The molecule has 30 heavy (non-hydrogen) atoms. The van der Waals surface area contributed by atoms with E-state index in [-0.39, 0.29) is 11.8 Å². The molecule has 0 atom stereocenters. The van der Waals surface area contributed by atoms with Gasteiger partial charge in [0.15, 0.2) is 0 Å². The summed E-state index contributed by atoms with van der Waals surface area (Å²) in [6, 6.07) is 21.2. The van der Waals surface area contributed by atoms with Gasteiger partial charge in [0.2, 0.25) is 5.91 Å². The first kappa shape index (κ1) is 18.4. The van der Waals surface area contributed by atoms with Gasteiger partial charge in [0.1, 0.15) is 12.4 Å². The molecular formula is C25H22N2O3. The van der Waals surface area contributed by atoms with Crippen molar-refractivity contribution >= 4 is 23.2 Å². The highest BCUT2D eigenvalue weighted by Gasteiger charge is 2.32. The molecule has 2 aliphatic rings. The highest BCUT2D eigenvalue weighted by Crippen LogP contribution is 2.37. The molecule has 0 aliphatic carbocycles. The number of hydrogen-bond acceptors (Lipinski definition) is 3. The number of benzene rings is 3. The third-order valence-electron chi connectivity index (χ3n) is 5.67. The maximum Gasteiger partial charge on any atom is 0.255 e. The quantitative estimate of drug-likeness (QED) is 0.695. The minimum atomic E-state index is -0.137. The first-order valence-corrected chi connectivity index (χ1v) is 10.2. The van der Waals surface area contributed by atoms with Crippen molar-refractivity contribution in [2.24, 2.45) is 0 Å². The van der Waals surface area contributed by atoms with Crippen LogP contribution in [0, 0.1) is 0 Å². The van der Waals surface area contributed by atoms with Crippen molar-refractivity contribution in [3.63, 3.8) is 0 Å². The largest absolute Gasteiger partial charge is 0.489 e. The van der Waals surface area contributed by atoms with Gasteiger partial charge in [-0.25, -0.2) is 0 Å². The molecule has 5 nitrogen and oxygen atoms in total. The fourth-order valence-electron chi connectivity index (χ4n) is 4.17. The molecule has 2 heterocycles. The summed E-state index contributed by atoms with van der Waals surface area (Å²) in [5, 5.41) is 2.96. The number of rotatable bonds is 5. The predicted molar refractivity (Wildman–Crippen MR) is 116 cm³/mol. The van der Waals surface area contributed by atoms with E-state index >= 15 is 0 Å². The molecule has 5 rings (SSSR count). The molecule has 0 radical (unpaired) electrons. The number of carbonyl (C=O) groups is 2. The molecule has 3 aromatic rings. The number of aryl methyl sites for hydroxylation is 1. The normalized spacial score (nSPS) is 14.4. The summed E-state index contributed by atoms with van der Waals surface area (Å²) in [6.45, 7) is 1.22. The Morgan fingerprint density at radius 2 is 1.67 bits per heavy atom. The minimum Gasteiger partial charge on any atom is -0.489 e. The molecule has 0 unspecified atom stereocenters. The Kier molecular flexibility index (Phi) is 4.71. The van der Waals surface area contributed by atoms with Gasteiger partial charge in [-0.1, -0.05) is 30.3 Å². The molecule has 5 heteroatoms. The Balaban J connectivity index is 1.26. The average molecular weight is 398 g/mol. The summed E-state index contributed by atoms with van der Waals surface area (Å²) in [4.78, 5) is 26.8. The monoisotopic (exact) mass is 398 g/mol. The molecule has 2 amide bonds. The smallest absolute Gasteiger partial charge is 0.255 e. The summed E-state index contributed by atoms with van der Waals surface area (Å²) in [5.74, 6) is 0.805. The lowest BCUT2D eigenvalue weighted by Gasteiger charge is -2.25. The summed E-state index contributed by atoms with van der Waals surface area (Å²) in [7, 11) is 0. The van der Waals surface area contributed by atoms with Gasteiger partial charge >= 0.3 is 0 Å². The van der Waals surface area contributed by atoms with Gasteiger partial charge in [0, 0.05) is 24.2 Å². The Morgan fingerprint density at radius 1 is 0.933 bits per heavy atom. The van der Waals surface area contributed by atoms with Crippen molar-refractivity contribution < 1.29 is 14.3 Å².